The van der Waals surface area contributed by atoms with Gasteiger partial charge in [0.2, 0.25) is 0 Å². The van der Waals surface area contributed by atoms with E-state index < -0.39 is 0 Å². The minimum absolute atomic E-state index is 0.0979. The third-order valence-corrected chi connectivity index (χ3v) is 4.22. The summed E-state index contributed by atoms with van der Waals surface area (Å²) in [6.07, 6.45) is 0.905. The van der Waals surface area contributed by atoms with Gasteiger partial charge >= 0.3 is 0 Å². The zero-order chi connectivity index (χ0) is 13.3. The summed E-state index contributed by atoms with van der Waals surface area (Å²) in [4.78, 5) is 2.16. The molecule has 2 N–H and O–H groups in total. The van der Waals surface area contributed by atoms with Crippen LogP contribution in [-0.2, 0) is 0 Å². The summed E-state index contributed by atoms with van der Waals surface area (Å²) in [6.45, 7) is 1.57. The molecule has 5 heteroatoms. The zero-order valence-corrected chi connectivity index (χ0v) is 12.2. The lowest BCUT2D eigenvalue weighted by atomic mass is 9.99. The zero-order valence-electron chi connectivity index (χ0n) is 10.6. The molecule has 0 spiro atoms. The average molecular weight is 317 g/mol. The van der Waals surface area contributed by atoms with E-state index in [4.69, 9.17) is 10.5 Å². The maximum Gasteiger partial charge on any atom is 0.135 e. The summed E-state index contributed by atoms with van der Waals surface area (Å²) in [6, 6.07) is 3.35. The molecule has 0 saturated carbocycles. The molecule has 2 unspecified atom stereocenters. The monoisotopic (exact) mass is 316 g/mol. The summed E-state index contributed by atoms with van der Waals surface area (Å²) in [5.41, 5.74) is 6.41. The first-order chi connectivity index (χ1) is 8.56. The van der Waals surface area contributed by atoms with E-state index >= 15 is 0 Å². The van der Waals surface area contributed by atoms with Gasteiger partial charge in [-0.25, -0.2) is 4.39 Å². The third kappa shape index (κ3) is 2.53. The molecule has 1 aromatic carbocycles. The highest BCUT2D eigenvalue weighted by atomic mass is 79.9. The van der Waals surface area contributed by atoms with Crippen molar-refractivity contribution in [1.82, 2.24) is 4.90 Å². The highest BCUT2D eigenvalue weighted by molar-refractivity contribution is 9.10. The molecule has 0 aromatic heterocycles. The van der Waals surface area contributed by atoms with Crippen LogP contribution in [0.5, 0.6) is 5.75 Å². The lowest BCUT2D eigenvalue weighted by molar-refractivity contribution is 0.306. The lowest BCUT2D eigenvalue weighted by Crippen LogP contribution is -2.21. The molecule has 2 atom stereocenters. The smallest absolute Gasteiger partial charge is 0.135 e. The van der Waals surface area contributed by atoms with Crippen molar-refractivity contribution in [3.05, 3.63) is 28.0 Å². The second-order valence-electron chi connectivity index (χ2n) is 4.80. The summed E-state index contributed by atoms with van der Waals surface area (Å²) in [5, 5.41) is 0. The van der Waals surface area contributed by atoms with Crippen LogP contribution >= 0.6 is 15.9 Å². The van der Waals surface area contributed by atoms with Crippen LogP contribution in [0.2, 0.25) is 0 Å². The minimum Gasteiger partial charge on any atom is -0.495 e. The fraction of sp³-hybridized carbons (Fsp3) is 0.538. The number of nitrogens with two attached hydrogens (primary N) is 1. The summed E-state index contributed by atoms with van der Waals surface area (Å²) in [5.74, 6) is 0.747. The average Bonchev–Trinajstić information content (AvgIpc) is 2.73. The quantitative estimate of drug-likeness (QED) is 0.931. The summed E-state index contributed by atoms with van der Waals surface area (Å²) >= 11 is 3.41. The third-order valence-electron chi connectivity index (χ3n) is 3.60. The van der Waals surface area contributed by atoms with Gasteiger partial charge in [-0.2, -0.15) is 0 Å². The Hall–Kier alpha value is -0.650. The molecule has 2 rings (SSSR count). The maximum absolute atomic E-state index is 14.1. The number of methoxy groups -OCH3 is 1. The Morgan fingerprint density at radius 2 is 2.28 bits per heavy atom. The van der Waals surface area contributed by atoms with Gasteiger partial charge in [-0.1, -0.05) is 0 Å². The largest absolute Gasteiger partial charge is 0.495 e. The van der Waals surface area contributed by atoms with E-state index in [1.54, 1.807) is 0 Å². The lowest BCUT2D eigenvalue weighted by Gasteiger charge is -2.21. The standard InChI is InChI=1S/C13H18BrFN2O/c1-17-7-8(6-16)3-12(17)9-4-10(14)13(18-2)5-11(9)15/h4-5,8,12H,3,6-7,16H2,1-2H3. The van der Waals surface area contributed by atoms with Crippen LogP contribution in [0, 0.1) is 11.7 Å². The van der Waals surface area contributed by atoms with Crippen LogP contribution in [-0.4, -0.2) is 32.1 Å². The predicted octanol–water partition coefficient (Wildman–Crippen LogP) is 2.55. The number of ether oxygens (including phenoxy) is 1. The van der Waals surface area contributed by atoms with Crippen LogP contribution in [0.25, 0.3) is 0 Å². The molecule has 1 aliphatic rings. The predicted molar refractivity (Wildman–Crippen MR) is 73.2 cm³/mol. The van der Waals surface area contributed by atoms with Crippen molar-refractivity contribution in [2.24, 2.45) is 11.7 Å². The Labute approximate surface area is 115 Å². The van der Waals surface area contributed by atoms with Gasteiger partial charge in [0.15, 0.2) is 0 Å². The van der Waals surface area contributed by atoms with E-state index in [-0.39, 0.29) is 11.9 Å². The molecule has 3 nitrogen and oxygen atoms in total. The van der Waals surface area contributed by atoms with E-state index in [0.717, 1.165) is 17.4 Å². The highest BCUT2D eigenvalue weighted by Gasteiger charge is 2.31. The molecule has 1 saturated heterocycles. The molecule has 0 radical (unpaired) electrons. The van der Waals surface area contributed by atoms with Gasteiger partial charge in [0, 0.05) is 24.2 Å². The first-order valence-corrected chi connectivity index (χ1v) is 6.79. The number of halogens is 2. The number of hydrogen-bond donors (Lipinski definition) is 1. The van der Waals surface area contributed by atoms with Gasteiger partial charge in [-0.05, 0) is 47.9 Å². The van der Waals surface area contributed by atoms with Gasteiger partial charge in [0.05, 0.1) is 11.6 Å². The van der Waals surface area contributed by atoms with Crippen LogP contribution in [0.3, 0.4) is 0 Å². The molecule has 1 heterocycles. The minimum atomic E-state index is -0.218. The van der Waals surface area contributed by atoms with E-state index in [0.29, 0.717) is 23.8 Å². The second-order valence-corrected chi connectivity index (χ2v) is 5.66. The SMILES string of the molecule is COc1cc(F)c(C2CC(CN)CN2C)cc1Br. The molecule has 1 aliphatic heterocycles. The number of benzene rings is 1. The van der Waals surface area contributed by atoms with E-state index in [9.17, 15) is 4.39 Å². The molecular formula is C13H18BrFN2O. The van der Waals surface area contributed by atoms with Crippen LogP contribution in [0.4, 0.5) is 4.39 Å². The van der Waals surface area contributed by atoms with Crippen LogP contribution < -0.4 is 10.5 Å². The summed E-state index contributed by atoms with van der Waals surface area (Å²) < 4.78 is 20.0. The molecular weight excluding hydrogens is 299 g/mol. The molecule has 18 heavy (non-hydrogen) atoms. The number of likely N-dealkylation sites (tertiary alicyclic amines) is 1. The fourth-order valence-electron chi connectivity index (χ4n) is 2.60. The van der Waals surface area contributed by atoms with E-state index in [1.165, 1.54) is 13.2 Å². The molecule has 100 valence electrons. The van der Waals surface area contributed by atoms with Crippen molar-refractivity contribution >= 4 is 15.9 Å². The van der Waals surface area contributed by atoms with Gasteiger partial charge in [0.1, 0.15) is 11.6 Å². The van der Waals surface area contributed by atoms with Gasteiger partial charge < -0.3 is 10.5 Å². The van der Waals surface area contributed by atoms with Crippen molar-refractivity contribution in [3.63, 3.8) is 0 Å². The van der Waals surface area contributed by atoms with Crippen LogP contribution in [0.15, 0.2) is 16.6 Å². The van der Waals surface area contributed by atoms with Gasteiger partial charge in [0.25, 0.3) is 0 Å². The van der Waals surface area contributed by atoms with Crippen molar-refractivity contribution < 1.29 is 9.13 Å². The van der Waals surface area contributed by atoms with E-state index in [1.807, 2.05) is 13.1 Å². The number of nitrogens with zero attached hydrogens (tertiary/aromatic N) is 1. The molecule has 1 aromatic rings. The molecule has 0 bridgehead atoms. The molecule has 0 amide bonds. The first-order valence-electron chi connectivity index (χ1n) is 6.00. The Bertz CT molecular complexity index is 441. The van der Waals surface area contributed by atoms with Crippen molar-refractivity contribution in [2.45, 2.75) is 12.5 Å². The molecule has 1 fully saturated rings. The first kappa shape index (κ1) is 13.8. The topological polar surface area (TPSA) is 38.5 Å². The summed E-state index contributed by atoms with van der Waals surface area (Å²) in [7, 11) is 3.54. The highest BCUT2D eigenvalue weighted by Crippen LogP contribution is 2.38. The number of hydrogen-bond acceptors (Lipinski definition) is 3. The van der Waals surface area contributed by atoms with Gasteiger partial charge in [-0.3, -0.25) is 4.90 Å². The van der Waals surface area contributed by atoms with E-state index in [2.05, 4.69) is 20.8 Å². The Morgan fingerprint density at radius 3 is 2.83 bits per heavy atom. The second kappa shape index (κ2) is 5.55. The van der Waals surface area contributed by atoms with Crippen LogP contribution in [0.1, 0.15) is 18.0 Å². The van der Waals surface area contributed by atoms with Gasteiger partial charge in [-0.15, -0.1) is 0 Å². The van der Waals surface area contributed by atoms with Crippen molar-refractivity contribution in [1.29, 1.82) is 0 Å². The molecule has 0 aliphatic carbocycles. The van der Waals surface area contributed by atoms with Crippen molar-refractivity contribution in [3.8, 4) is 5.75 Å². The maximum atomic E-state index is 14.1. The number of rotatable bonds is 3. The van der Waals surface area contributed by atoms with Crippen molar-refractivity contribution in [2.75, 3.05) is 27.2 Å². The normalized spacial score (nSPS) is 24.5. The Morgan fingerprint density at radius 1 is 1.56 bits per heavy atom. The Kier molecular flexibility index (Phi) is 4.25. The Balaban J connectivity index is 2.31. The fourth-order valence-corrected chi connectivity index (χ4v) is 3.12.